The van der Waals surface area contributed by atoms with Crippen molar-refractivity contribution in [1.29, 1.82) is 0 Å². The highest BCUT2D eigenvalue weighted by atomic mass is 35.5. The first-order valence-corrected chi connectivity index (χ1v) is 14.3. The summed E-state index contributed by atoms with van der Waals surface area (Å²) in [5.74, 6) is -0.605. The molecule has 0 fully saturated rings. The molecule has 2 aromatic carbocycles. The van der Waals surface area contributed by atoms with Gasteiger partial charge in [-0.1, -0.05) is 30.7 Å². The van der Waals surface area contributed by atoms with Crippen molar-refractivity contribution in [2.24, 2.45) is 0 Å². The largest absolute Gasteiger partial charge is 0.495 e. The fourth-order valence-corrected chi connectivity index (χ4v) is 4.86. The van der Waals surface area contributed by atoms with E-state index in [2.05, 4.69) is 5.32 Å². The van der Waals surface area contributed by atoms with Crippen molar-refractivity contribution in [3.63, 3.8) is 0 Å². The van der Waals surface area contributed by atoms with Gasteiger partial charge < -0.3 is 15.0 Å². The molecule has 204 valence electrons. The van der Waals surface area contributed by atoms with Gasteiger partial charge in [-0.3, -0.25) is 13.9 Å². The van der Waals surface area contributed by atoms with Crippen molar-refractivity contribution < 1.29 is 27.1 Å². The Morgan fingerprint density at radius 2 is 1.78 bits per heavy atom. The summed E-state index contributed by atoms with van der Waals surface area (Å²) in [6.07, 6.45) is 2.02. The molecule has 2 atom stereocenters. The van der Waals surface area contributed by atoms with Crippen molar-refractivity contribution in [2.45, 2.75) is 58.7 Å². The minimum atomic E-state index is -3.66. The molecule has 0 bridgehead atoms. The van der Waals surface area contributed by atoms with Crippen molar-refractivity contribution >= 4 is 39.1 Å². The predicted octanol–water partition coefficient (Wildman–Crippen LogP) is 4.37. The number of hydrogen-bond acceptors (Lipinski definition) is 5. The molecule has 0 saturated heterocycles. The Morgan fingerprint density at radius 1 is 1.14 bits per heavy atom. The topological polar surface area (TPSA) is 96.0 Å². The normalized spacial score (nSPS) is 12.9. The van der Waals surface area contributed by atoms with Gasteiger partial charge in [0.05, 0.1) is 24.1 Å². The number of hydrogen-bond donors (Lipinski definition) is 1. The highest BCUT2D eigenvalue weighted by Gasteiger charge is 2.27. The van der Waals surface area contributed by atoms with Crippen molar-refractivity contribution in [3.05, 3.63) is 58.9 Å². The zero-order chi connectivity index (χ0) is 27.8. The summed E-state index contributed by atoms with van der Waals surface area (Å²) in [4.78, 5) is 27.5. The summed E-state index contributed by atoms with van der Waals surface area (Å²) in [6, 6.07) is 9.53. The molecule has 0 unspecified atom stereocenters. The molecule has 37 heavy (non-hydrogen) atoms. The lowest BCUT2D eigenvalue weighted by molar-refractivity contribution is -0.140. The highest BCUT2D eigenvalue weighted by molar-refractivity contribution is 7.92. The molecule has 0 aliphatic rings. The Morgan fingerprint density at radius 3 is 2.32 bits per heavy atom. The average Bonchev–Trinajstić information content (AvgIpc) is 2.84. The molecule has 1 N–H and O–H groups in total. The standard InChI is InChI=1S/C26H35ClFN3O5S/c1-6-18(2)29-26(33)19(3)30(17-20-9-11-21(28)12-10-20)25(32)8-7-15-31(37(5,34)35)22-13-14-24(36-4)23(27)16-22/h9-14,16,18-19H,6-8,15,17H2,1-5H3,(H,29,33)/t18-,19+/m0/s1. The second-order valence-electron chi connectivity index (χ2n) is 8.90. The first-order chi connectivity index (χ1) is 17.4. The van der Waals surface area contributed by atoms with E-state index in [0.29, 0.717) is 17.0 Å². The van der Waals surface area contributed by atoms with Gasteiger partial charge >= 0.3 is 0 Å². The quantitative estimate of drug-likeness (QED) is 0.396. The van der Waals surface area contributed by atoms with Crippen LogP contribution >= 0.6 is 11.6 Å². The highest BCUT2D eigenvalue weighted by Crippen LogP contribution is 2.30. The Hall–Kier alpha value is -2.85. The Labute approximate surface area is 223 Å². The number of ether oxygens (including phenoxy) is 1. The van der Waals surface area contributed by atoms with E-state index in [4.69, 9.17) is 16.3 Å². The van der Waals surface area contributed by atoms with E-state index in [9.17, 15) is 22.4 Å². The molecule has 0 spiro atoms. The van der Waals surface area contributed by atoms with Gasteiger partial charge in [0.15, 0.2) is 0 Å². The van der Waals surface area contributed by atoms with Crippen molar-refractivity contribution in [3.8, 4) is 5.75 Å². The molecule has 2 aromatic rings. The molecule has 2 amide bonds. The van der Waals surface area contributed by atoms with Gasteiger partial charge in [-0.15, -0.1) is 0 Å². The maximum absolute atomic E-state index is 13.4. The van der Waals surface area contributed by atoms with E-state index in [1.54, 1.807) is 31.2 Å². The number of nitrogens with zero attached hydrogens (tertiary/aromatic N) is 2. The molecule has 2 rings (SSSR count). The Bertz CT molecular complexity index is 1180. The van der Waals surface area contributed by atoms with Crippen LogP contribution in [0.3, 0.4) is 0 Å². The number of benzene rings is 2. The molecule has 0 radical (unpaired) electrons. The minimum Gasteiger partial charge on any atom is -0.495 e. The fraction of sp³-hybridized carbons (Fsp3) is 0.462. The average molecular weight is 556 g/mol. The number of methoxy groups -OCH3 is 1. The molecular weight excluding hydrogens is 521 g/mol. The summed E-state index contributed by atoms with van der Waals surface area (Å²) in [6.45, 7) is 5.60. The number of rotatable bonds is 13. The van der Waals surface area contributed by atoms with Gasteiger partial charge in [0.1, 0.15) is 17.6 Å². The lowest BCUT2D eigenvalue weighted by atomic mass is 10.1. The number of sulfonamides is 1. The number of amides is 2. The number of anilines is 1. The number of halogens is 2. The van der Waals surface area contributed by atoms with Crippen LogP contribution in [0.1, 0.15) is 45.6 Å². The van der Waals surface area contributed by atoms with E-state index in [1.807, 2.05) is 13.8 Å². The maximum Gasteiger partial charge on any atom is 0.242 e. The van der Waals surface area contributed by atoms with Gasteiger partial charge in [0.25, 0.3) is 0 Å². The third-order valence-corrected chi connectivity index (χ3v) is 7.50. The predicted molar refractivity (Wildman–Crippen MR) is 144 cm³/mol. The van der Waals surface area contributed by atoms with E-state index in [0.717, 1.165) is 12.7 Å². The minimum absolute atomic E-state index is 0.00193. The molecule has 0 aromatic heterocycles. The Balaban J connectivity index is 2.19. The zero-order valence-electron chi connectivity index (χ0n) is 21.8. The molecule has 11 heteroatoms. The lowest BCUT2D eigenvalue weighted by Gasteiger charge is -2.30. The number of carbonyl (C=O) groups excluding carboxylic acids is 2. The lowest BCUT2D eigenvalue weighted by Crippen LogP contribution is -2.49. The Kier molecular flexibility index (Phi) is 11.2. The molecular formula is C26H35ClFN3O5S. The van der Waals surface area contributed by atoms with Crippen LogP contribution in [0.5, 0.6) is 5.75 Å². The molecule has 0 saturated carbocycles. The van der Waals surface area contributed by atoms with Gasteiger partial charge in [-0.25, -0.2) is 12.8 Å². The van der Waals surface area contributed by atoms with Gasteiger partial charge in [-0.2, -0.15) is 0 Å². The van der Waals surface area contributed by atoms with Crippen LogP contribution in [0.15, 0.2) is 42.5 Å². The third-order valence-electron chi connectivity index (χ3n) is 6.01. The smallest absolute Gasteiger partial charge is 0.242 e. The van der Waals surface area contributed by atoms with Crippen LogP contribution < -0.4 is 14.4 Å². The zero-order valence-corrected chi connectivity index (χ0v) is 23.4. The summed E-state index contributed by atoms with van der Waals surface area (Å²) < 4.78 is 44.6. The van der Waals surface area contributed by atoms with Gasteiger partial charge in [0, 0.05) is 25.6 Å². The second-order valence-corrected chi connectivity index (χ2v) is 11.2. The van der Waals surface area contributed by atoms with E-state index in [-0.39, 0.29) is 48.8 Å². The summed E-state index contributed by atoms with van der Waals surface area (Å²) in [5, 5.41) is 3.15. The van der Waals surface area contributed by atoms with Crippen LogP contribution in [0.2, 0.25) is 5.02 Å². The molecule has 8 nitrogen and oxygen atoms in total. The SMILES string of the molecule is CC[C@H](C)NC(=O)[C@@H](C)N(Cc1ccc(F)cc1)C(=O)CCCN(c1ccc(OC)c(Cl)c1)S(C)(=O)=O. The van der Waals surface area contributed by atoms with E-state index < -0.39 is 21.9 Å². The maximum atomic E-state index is 13.4. The second kappa shape index (κ2) is 13.6. The van der Waals surface area contributed by atoms with E-state index in [1.165, 1.54) is 34.5 Å². The van der Waals surface area contributed by atoms with Crippen LogP contribution in [0.25, 0.3) is 0 Å². The number of carbonyl (C=O) groups is 2. The van der Waals surface area contributed by atoms with Crippen molar-refractivity contribution in [1.82, 2.24) is 10.2 Å². The van der Waals surface area contributed by atoms with Gasteiger partial charge in [0.2, 0.25) is 21.8 Å². The van der Waals surface area contributed by atoms with Gasteiger partial charge in [-0.05, 0) is 62.6 Å². The first-order valence-electron chi connectivity index (χ1n) is 12.0. The molecule has 0 aliphatic carbocycles. The van der Waals surface area contributed by atoms with Crippen LogP contribution in [0.4, 0.5) is 10.1 Å². The molecule has 0 heterocycles. The first kappa shape index (κ1) is 30.4. The summed E-state index contributed by atoms with van der Waals surface area (Å²) in [7, 11) is -2.20. The summed E-state index contributed by atoms with van der Waals surface area (Å²) in [5.41, 5.74) is 1.02. The fourth-order valence-electron chi connectivity index (χ4n) is 3.65. The summed E-state index contributed by atoms with van der Waals surface area (Å²) >= 11 is 6.18. The molecule has 0 aliphatic heterocycles. The van der Waals surface area contributed by atoms with E-state index >= 15 is 0 Å². The van der Waals surface area contributed by atoms with Crippen molar-refractivity contribution in [2.75, 3.05) is 24.2 Å². The third kappa shape index (κ3) is 8.89. The number of nitrogens with one attached hydrogen (secondary N) is 1. The monoisotopic (exact) mass is 555 g/mol. The van der Waals surface area contributed by atoms with Crippen LogP contribution in [-0.4, -0.2) is 57.1 Å². The van der Waals surface area contributed by atoms with Crippen LogP contribution in [-0.2, 0) is 26.2 Å². The van der Waals surface area contributed by atoms with Crippen LogP contribution in [0, 0.1) is 5.82 Å².